The Balaban J connectivity index is 1.72. The van der Waals surface area contributed by atoms with Crippen LogP contribution in [0, 0.1) is 5.92 Å². The van der Waals surface area contributed by atoms with Crippen LogP contribution < -0.4 is 10.6 Å². The van der Waals surface area contributed by atoms with Crippen molar-refractivity contribution in [2.45, 2.75) is 38.1 Å². The first kappa shape index (κ1) is 18.0. The number of imide groups is 1. The van der Waals surface area contributed by atoms with E-state index >= 15 is 0 Å². The molecule has 1 aliphatic carbocycles. The summed E-state index contributed by atoms with van der Waals surface area (Å²) in [4.78, 5) is 38.4. The zero-order valence-electron chi connectivity index (χ0n) is 13.8. The fraction of sp³-hybridized carbons (Fsp3) is 0.471. The molecule has 134 valence electrons. The van der Waals surface area contributed by atoms with Gasteiger partial charge in [0.15, 0.2) is 0 Å². The first-order chi connectivity index (χ1) is 11.8. The molecule has 1 aromatic carbocycles. The van der Waals surface area contributed by atoms with E-state index in [9.17, 15) is 14.4 Å². The van der Waals surface area contributed by atoms with Crippen LogP contribution >= 0.6 is 23.2 Å². The molecule has 4 amide bonds. The van der Waals surface area contributed by atoms with Gasteiger partial charge in [-0.25, -0.2) is 4.79 Å². The normalized spacial score (nSPS) is 26.0. The highest BCUT2D eigenvalue weighted by Crippen LogP contribution is 2.38. The second-order valence-corrected chi connectivity index (χ2v) is 7.37. The monoisotopic (exact) mass is 383 g/mol. The predicted octanol–water partition coefficient (Wildman–Crippen LogP) is 3.43. The molecular formula is C17H19Cl2N3O3. The highest BCUT2D eigenvalue weighted by molar-refractivity contribution is 6.44. The number of benzene rings is 1. The minimum absolute atomic E-state index is 0.0492. The molecule has 0 radical (unpaired) electrons. The molecule has 0 bridgehead atoms. The van der Waals surface area contributed by atoms with Crippen molar-refractivity contribution in [1.29, 1.82) is 0 Å². The molecule has 1 spiro atoms. The standard InChI is InChI=1S/C17H19Cl2N3O3/c1-10-5-2-3-8-17(10)15(24)22(16(25)21-17)9-13(23)20-12-7-4-6-11(18)14(12)19/h4,6-7,10H,2-3,5,8-9H2,1H3,(H,20,23)(H,21,25)/t10-,17+/m1/s1. The highest BCUT2D eigenvalue weighted by atomic mass is 35.5. The smallest absolute Gasteiger partial charge is 0.323 e. The van der Waals surface area contributed by atoms with Gasteiger partial charge in [-0.2, -0.15) is 0 Å². The molecule has 8 heteroatoms. The SMILES string of the molecule is C[C@@H]1CCCC[C@]12NC(=O)N(CC(=O)Nc1cccc(Cl)c1Cl)C2=O. The molecule has 6 nitrogen and oxygen atoms in total. The van der Waals surface area contributed by atoms with Crippen molar-refractivity contribution in [2.75, 3.05) is 11.9 Å². The Morgan fingerprint density at radius 3 is 2.84 bits per heavy atom. The number of hydrogen-bond acceptors (Lipinski definition) is 3. The minimum atomic E-state index is -0.872. The average molecular weight is 384 g/mol. The van der Waals surface area contributed by atoms with Crippen molar-refractivity contribution in [3.63, 3.8) is 0 Å². The lowest BCUT2D eigenvalue weighted by atomic mass is 9.73. The van der Waals surface area contributed by atoms with Crippen molar-refractivity contribution in [3.05, 3.63) is 28.2 Å². The summed E-state index contributed by atoms with van der Waals surface area (Å²) in [5.41, 5.74) is -0.532. The summed E-state index contributed by atoms with van der Waals surface area (Å²) in [6.07, 6.45) is 3.41. The van der Waals surface area contributed by atoms with Gasteiger partial charge in [0.2, 0.25) is 5.91 Å². The van der Waals surface area contributed by atoms with Gasteiger partial charge in [0.25, 0.3) is 5.91 Å². The van der Waals surface area contributed by atoms with Gasteiger partial charge in [-0.3, -0.25) is 14.5 Å². The van der Waals surface area contributed by atoms with Gasteiger partial charge in [0, 0.05) is 0 Å². The van der Waals surface area contributed by atoms with Crippen LogP contribution in [0.3, 0.4) is 0 Å². The molecule has 3 rings (SSSR count). The van der Waals surface area contributed by atoms with Gasteiger partial charge >= 0.3 is 6.03 Å². The minimum Gasteiger partial charge on any atom is -0.323 e. The summed E-state index contributed by atoms with van der Waals surface area (Å²) in [5.74, 6) is -0.779. The Morgan fingerprint density at radius 1 is 1.36 bits per heavy atom. The molecular weight excluding hydrogens is 365 g/mol. The van der Waals surface area contributed by atoms with Gasteiger partial charge in [-0.1, -0.05) is 49.0 Å². The van der Waals surface area contributed by atoms with E-state index in [4.69, 9.17) is 23.2 Å². The van der Waals surface area contributed by atoms with Crippen molar-refractivity contribution in [2.24, 2.45) is 5.92 Å². The van der Waals surface area contributed by atoms with Gasteiger partial charge in [0.1, 0.15) is 12.1 Å². The lowest BCUT2D eigenvalue weighted by Crippen LogP contribution is -2.54. The zero-order valence-corrected chi connectivity index (χ0v) is 15.3. The summed E-state index contributed by atoms with van der Waals surface area (Å²) in [7, 11) is 0. The van der Waals surface area contributed by atoms with Gasteiger partial charge in [-0.05, 0) is 30.9 Å². The molecule has 1 saturated carbocycles. The quantitative estimate of drug-likeness (QED) is 0.784. The second kappa shape index (κ2) is 6.84. The highest BCUT2D eigenvalue weighted by Gasteiger charge is 2.55. The first-order valence-corrected chi connectivity index (χ1v) is 8.99. The number of hydrogen-bond donors (Lipinski definition) is 2. The van der Waals surface area contributed by atoms with E-state index in [1.807, 2.05) is 6.92 Å². The Morgan fingerprint density at radius 2 is 2.12 bits per heavy atom. The number of anilines is 1. The van der Waals surface area contributed by atoms with E-state index in [0.717, 1.165) is 24.2 Å². The van der Waals surface area contributed by atoms with E-state index in [2.05, 4.69) is 10.6 Å². The van der Waals surface area contributed by atoms with Crippen LogP contribution in [0.5, 0.6) is 0 Å². The summed E-state index contributed by atoms with van der Waals surface area (Å²) < 4.78 is 0. The van der Waals surface area contributed by atoms with Crippen molar-refractivity contribution >= 4 is 46.7 Å². The first-order valence-electron chi connectivity index (χ1n) is 8.23. The summed E-state index contributed by atoms with van der Waals surface area (Å²) in [5, 5.41) is 5.94. The second-order valence-electron chi connectivity index (χ2n) is 6.59. The third-order valence-corrected chi connectivity index (χ3v) is 5.85. The molecule has 1 aromatic rings. The van der Waals surface area contributed by atoms with Crippen LogP contribution in [0.1, 0.15) is 32.6 Å². The summed E-state index contributed by atoms with van der Waals surface area (Å²) in [6, 6.07) is 4.33. The molecule has 0 aromatic heterocycles. The lowest BCUT2D eigenvalue weighted by Gasteiger charge is -2.36. The number of amides is 4. The van der Waals surface area contributed by atoms with Crippen LogP contribution in [0.4, 0.5) is 10.5 Å². The molecule has 2 N–H and O–H groups in total. The van der Waals surface area contributed by atoms with Crippen molar-refractivity contribution < 1.29 is 14.4 Å². The predicted molar refractivity (Wildman–Crippen MR) is 95.7 cm³/mol. The Kier molecular flexibility index (Phi) is 4.93. The topological polar surface area (TPSA) is 78.5 Å². The largest absolute Gasteiger partial charge is 0.325 e. The van der Waals surface area contributed by atoms with Crippen LogP contribution in [-0.2, 0) is 9.59 Å². The van der Waals surface area contributed by atoms with Crippen molar-refractivity contribution in [3.8, 4) is 0 Å². The summed E-state index contributed by atoms with van der Waals surface area (Å²) in [6.45, 7) is 1.61. The number of nitrogens with one attached hydrogen (secondary N) is 2. The van der Waals surface area contributed by atoms with Crippen LogP contribution in [0.25, 0.3) is 0 Å². The molecule has 2 atom stereocenters. The molecule has 1 saturated heterocycles. The maximum atomic E-state index is 12.8. The van der Waals surface area contributed by atoms with Crippen molar-refractivity contribution in [1.82, 2.24) is 10.2 Å². The molecule has 1 aliphatic heterocycles. The Bertz CT molecular complexity index is 740. The lowest BCUT2D eigenvalue weighted by molar-refractivity contribution is -0.136. The van der Waals surface area contributed by atoms with Gasteiger partial charge in [-0.15, -0.1) is 0 Å². The van der Waals surface area contributed by atoms with E-state index in [0.29, 0.717) is 17.1 Å². The van der Waals surface area contributed by atoms with Gasteiger partial charge < -0.3 is 10.6 Å². The number of rotatable bonds is 3. The third-order valence-electron chi connectivity index (χ3n) is 5.03. The number of halogens is 2. The summed E-state index contributed by atoms with van der Waals surface area (Å²) >= 11 is 12.0. The third kappa shape index (κ3) is 3.20. The number of nitrogens with zero attached hydrogens (tertiary/aromatic N) is 1. The Hall–Kier alpha value is -1.79. The van der Waals surface area contributed by atoms with Crippen LogP contribution in [0.15, 0.2) is 18.2 Å². The Labute approximate surface area is 155 Å². The molecule has 2 aliphatic rings. The van der Waals surface area contributed by atoms with Crippen LogP contribution in [-0.4, -0.2) is 34.8 Å². The number of urea groups is 1. The zero-order chi connectivity index (χ0) is 18.2. The molecule has 0 unspecified atom stereocenters. The molecule has 2 fully saturated rings. The fourth-order valence-corrected chi connectivity index (χ4v) is 3.92. The van der Waals surface area contributed by atoms with E-state index in [1.54, 1.807) is 18.2 Å². The maximum Gasteiger partial charge on any atom is 0.325 e. The number of carbonyl (C=O) groups excluding carboxylic acids is 3. The van der Waals surface area contributed by atoms with E-state index in [1.165, 1.54) is 0 Å². The molecule has 1 heterocycles. The van der Waals surface area contributed by atoms with E-state index < -0.39 is 17.5 Å². The molecule has 25 heavy (non-hydrogen) atoms. The van der Waals surface area contributed by atoms with Gasteiger partial charge in [0.05, 0.1) is 15.7 Å². The average Bonchev–Trinajstić information content (AvgIpc) is 2.80. The fourth-order valence-electron chi connectivity index (χ4n) is 3.57. The number of carbonyl (C=O) groups is 3. The van der Waals surface area contributed by atoms with Crippen LogP contribution in [0.2, 0.25) is 10.0 Å². The maximum absolute atomic E-state index is 12.8. The van der Waals surface area contributed by atoms with E-state index in [-0.39, 0.29) is 23.4 Å².